The van der Waals surface area contributed by atoms with Gasteiger partial charge in [0.1, 0.15) is 13.2 Å². The standard InChI is InChI=1S/C69H102O6/c1-4-7-10-13-16-19-22-25-28-30-32-34-36-38-41-44-47-50-53-56-59-62-68(71)74-65-66(64-73-67(70)61-58-55-52-49-46-43-40-27-24-21-18-15-12-9-6-3)75-69(72)63-60-57-54-51-48-45-42-39-37-35-33-31-29-26-23-20-17-14-11-8-5-2/h7-12,16-21,25-29,32-35,38-42,46-47,49-50,55,58,66H,4-6,13-15,22-24,30-31,36-37,43-45,48,51-54,56-57,59-65H2,1-3H3/b10-7-,11-8-,12-9-,19-16-,20-17-,21-18-,28-25-,29-26-,34-32-,35-33-,40-27-,41-38-,42-39-,49-46-,50-47-,58-55-. The highest BCUT2D eigenvalue weighted by Crippen LogP contribution is 2.11. The first kappa shape index (κ1) is 69.2. The first-order chi connectivity index (χ1) is 37.0. The minimum atomic E-state index is -0.860. The fourth-order valence-corrected chi connectivity index (χ4v) is 6.90. The molecule has 0 aromatic carbocycles. The average molecular weight is 1030 g/mol. The molecule has 0 rings (SSSR count). The van der Waals surface area contributed by atoms with Crippen molar-refractivity contribution in [1.82, 2.24) is 0 Å². The second-order valence-corrected chi connectivity index (χ2v) is 18.1. The van der Waals surface area contributed by atoms with Crippen LogP contribution in [0.1, 0.15) is 201 Å². The molecule has 0 fully saturated rings. The smallest absolute Gasteiger partial charge is 0.309 e. The van der Waals surface area contributed by atoms with Gasteiger partial charge in [-0.2, -0.15) is 0 Å². The van der Waals surface area contributed by atoms with Crippen LogP contribution in [0.3, 0.4) is 0 Å². The largest absolute Gasteiger partial charge is 0.462 e. The number of carbonyl (C=O) groups excluding carboxylic acids is 3. The molecule has 0 aliphatic rings. The molecular formula is C69H102O6. The number of unbranched alkanes of at least 4 members (excludes halogenated alkanes) is 7. The van der Waals surface area contributed by atoms with Crippen LogP contribution in [0.4, 0.5) is 0 Å². The number of hydrogen-bond acceptors (Lipinski definition) is 6. The minimum absolute atomic E-state index is 0.103. The predicted molar refractivity (Wildman–Crippen MR) is 324 cm³/mol. The summed E-state index contributed by atoms with van der Waals surface area (Å²) >= 11 is 0. The second kappa shape index (κ2) is 60.8. The van der Waals surface area contributed by atoms with E-state index in [-0.39, 0.29) is 44.4 Å². The van der Waals surface area contributed by atoms with E-state index >= 15 is 0 Å². The van der Waals surface area contributed by atoms with E-state index in [0.29, 0.717) is 19.3 Å². The monoisotopic (exact) mass is 1030 g/mol. The maximum atomic E-state index is 12.9. The zero-order valence-corrected chi connectivity index (χ0v) is 47.2. The van der Waals surface area contributed by atoms with Crippen molar-refractivity contribution < 1.29 is 28.6 Å². The Balaban J connectivity index is 4.65. The molecule has 0 bridgehead atoms. The molecule has 6 nitrogen and oxygen atoms in total. The Kier molecular flexibility index (Phi) is 56.1. The molecular weight excluding hydrogens is 925 g/mol. The number of rotatable bonds is 49. The zero-order chi connectivity index (χ0) is 54.3. The van der Waals surface area contributed by atoms with Gasteiger partial charge in [-0.15, -0.1) is 0 Å². The summed E-state index contributed by atoms with van der Waals surface area (Å²) in [6.45, 7) is 6.13. The molecule has 0 radical (unpaired) electrons. The van der Waals surface area contributed by atoms with Crippen LogP contribution in [0.15, 0.2) is 194 Å². The van der Waals surface area contributed by atoms with Crippen LogP contribution in [0.25, 0.3) is 0 Å². The molecule has 0 spiro atoms. The summed E-state index contributed by atoms with van der Waals surface area (Å²) in [6.07, 6.45) is 93.0. The lowest BCUT2D eigenvalue weighted by Gasteiger charge is -2.18. The molecule has 75 heavy (non-hydrogen) atoms. The summed E-state index contributed by atoms with van der Waals surface area (Å²) in [5.41, 5.74) is 0. The number of esters is 3. The third-order valence-electron chi connectivity index (χ3n) is 11.1. The molecule has 1 atom stereocenters. The van der Waals surface area contributed by atoms with E-state index in [9.17, 15) is 14.4 Å². The third kappa shape index (κ3) is 59.0. The number of allylic oxidation sites excluding steroid dienone is 31. The maximum Gasteiger partial charge on any atom is 0.309 e. The Hall–Kier alpha value is -5.75. The van der Waals surface area contributed by atoms with Gasteiger partial charge in [-0.05, 0) is 141 Å². The quantitative estimate of drug-likeness (QED) is 0.0261. The van der Waals surface area contributed by atoms with E-state index in [0.717, 1.165) is 141 Å². The van der Waals surface area contributed by atoms with Crippen LogP contribution >= 0.6 is 0 Å². The molecule has 0 aliphatic carbocycles. The van der Waals surface area contributed by atoms with Crippen LogP contribution in [-0.2, 0) is 28.6 Å². The van der Waals surface area contributed by atoms with E-state index in [2.05, 4.69) is 203 Å². The Labute approximate surface area is 458 Å². The molecule has 0 aliphatic heterocycles. The van der Waals surface area contributed by atoms with Crippen molar-refractivity contribution >= 4 is 17.9 Å². The van der Waals surface area contributed by atoms with Gasteiger partial charge >= 0.3 is 17.9 Å². The van der Waals surface area contributed by atoms with Crippen molar-refractivity contribution in [2.45, 2.75) is 207 Å². The van der Waals surface area contributed by atoms with Crippen LogP contribution in [-0.4, -0.2) is 37.2 Å². The number of hydrogen-bond donors (Lipinski definition) is 0. The van der Waals surface area contributed by atoms with Gasteiger partial charge in [0.2, 0.25) is 0 Å². The fourth-order valence-electron chi connectivity index (χ4n) is 6.90. The molecule has 0 aromatic rings. The lowest BCUT2D eigenvalue weighted by molar-refractivity contribution is -0.166. The highest BCUT2D eigenvalue weighted by Gasteiger charge is 2.19. The van der Waals surface area contributed by atoms with Crippen molar-refractivity contribution in [3.8, 4) is 0 Å². The first-order valence-corrected chi connectivity index (χ1v) is 28.9. The second-order valence-electron chi connectivity index (χ2n) is 18.1. The molecule has 6 heteroatoms. The van der Waals surface area contributed by atoms with Crippen molar-refractivity contribution in [3.05, 3.63) is 194 Å². The minimum Gasteiger partial charge on any atom is -0.462 e. The summed E-state index contributed by atoms with van der Waals surface area (Å²) in [7, 11) is 0. The van der Waals surface area contributed by atoms with Gasteiger partial charge in [-0.25, -0.2) is 0 Å². The Bertz CT molecular complexity index is 1850. The van der Waals surface area contributed by atoms with Crippen molar-refractivity contribution in [3.63, 3.8) is 0 Å². The SMILES string of the molecule is CC/C=C\C/C=C\C/C=C\C/C=C\C/C=C\C/C=C\CCCCC(=O)OCC(COC(=O)C/C=C\C/C=C\C/C=C\C/C=C\C/C=C\CC)OC(=O)CCCCCCC/C=C\C/C=C\C/C=C\C/C=C\C/C=C\CC. The van der Waals surface area contributed by atoms with E-state index in [1.807, 2.05) is 6.08 Å². The molecule has 0 heterocycles. The normalized spacial score (nSPS) is 13.6. The average Bonchev–Trinajstić information content (AvgIpc) is 3.41. The fraction of sp³-hybridized carbons (Fsp3) is 0.493. The van der Waals surface area contributed by atoms with Crippen LogP contribution in [0, 0.1) is 0 Å². The molecule has 0 saturated heterocycles. The van der Waals surface area contributed by atoms with Crippen LogP contribution < -0.4 is 0 Å². The van der Waals surface area contributed by atoms with E-state index in [1.165, 1.54) is 0 Å². The van der Waals surface area contributed by atoms with Crippen molar-refractivity contribution in [2.24, 2.45) is 0 Å². The van der Waals surface area contributed by atoms with Gasteiger partial charge in [-0.3, -0.25) is 14.4 Å². The maximum absolute atomic E-state index is 12.9. The summed E-state index contributed by atoms with van der Waals surface area (Å²) in [5, 5.41) is 0. The first-order valence-electron chi connectivity index (χ1n) is 28.9. The van der Waals surface area contributed by atoms with Crippen LogP contribution in [0.2, 0.25) is 0 Å². The van der Waals surface area contributed by atoms with E-state index in [4.69, 9.17) is 14.2 Å². The predicted octanol–water partition coefficient (Wildman–Crippen LogP) is 19.9. The number of ether oxygens (including phenoxy) is 3. The van der Waals surface area contributed by atoms with Crippen molar-refractivity contribution in [1.29, 1.82) is 0 Å². The third-order valence-corrected chi connectivity index (χ3v) is 11.1. The van der Waals surface area contributed by atoms with Gasteiger partial charge < -0.3 is 14.2 Å². The molecule has 0 aromatic heterocycles. The van der Waals surface area contributed by atoms with Gasteiger partial charge in [0.15, 0.2) is 6.10 Å². The summed E-state index contributed by atoms with van der Waals surface area (Å²) in [5.74, 6) is -1.16. The molecule has 0 saturated carbocycles. The summed E-state index contributed by atoms with van der Waals surface area (Å²) in [6, 6.07) is 0. The lowest BCUT2D eigenvalue weighted by atomic mass is 10.1. The Morgan fingerprint density at radius 2 is 0.533 bits per heavy atom. The van der Waals surface area contributed by atoms with Crippen LogP contribution in [0.5, 0.6) is 0 Å². The van der Waals surface area contributed by atoms with Gasteiger partial charge in [0.05, 0.1) is 6.42 Å². The zero-order valence-electron chi connectivity index (χ0n) is 47.2. The molecule has 414 valence electrons. The van der Waals surface area contributed by atoms with E-state index < -0.39 is 12.1 Å². The topological polar surface area (TPSA) is 78.9 Å². The Morgan fingerprint density at radius 1 is 0.280 bits per heavy atom. The van der Waals surface area contributed by atoms with Gasteiger partial charge in [-0.1, -0.05) is 234 Å². The molecule has 0 N–H and O–H groups in total. The summed E-state index contributed by atoms with van der Waals surface area (Å²) in [4.78, 5) is 38.1. The molecule has 0 amide bonds. The highest BCUT2D eigenvalue weighted by molar-refractivity contribution is 5.72. The molecule has 1 unspecified atom stereocenters. The number of carbonyl (C=O) groups is 3. The Morgan fingerprint density at radius 3 is 0.893 bits per heavy atom. The summed E-state index contributed by atoms with van der Waals surface area (Å²) < 4.78 is 16.7. The van der Waals surface area contributed by atoms with Gasteiger partial charge in [0.25, 0.3) is 0 Å². The van der Waals surface area contributed by atoms with Crippen molar-refractivity contribution in [2.75, 3.05) is 13.2 Å². The van der Waals surface area contributed by atoms with Gasteiger partial charge in [0, 0.05) is 12.8 Å². The van der Waals surface area contributed by atoms with E-state index in [1.54, 1.807) is 6.08 Å². The highest BCUT2D eigenvalue weighted by atomic mass is 16.6. The lowest BCUT2D eigenvalue weighted by Crippen LogP contribution is -2.30.